The van der Waals surface area contributed by atoms with Crippen molar-refractivity contribution in [2.75, 3.05) is 13.2 Å². The lowest BCUT2D eigenvalue weighted by Gasteiger charge is -2.12. The van der Waals surface area contributed by atoms with Gasteiger partial charge in [-0.05, 0) is 56.3 Å². The minimum atomic E-state index is 0.160. The molecule has 0 bridgehead atoms. The number of benzene rings is 4. The molecular weight excluding hydrogens is 296 g/mol. The van der Waals surface area contributed by atoms with Gasteiger partial charge in [0.15, 0.2) is 0 Å². The Balaban J connectivity index is 2.05. The Morgan fingerprint density at radius 3 is 2.21 bits per heavy atom. The van der Waals surface area contributed by atoms with Crippen LogP contribution in [0.1, 0.15) is 11.1 Å². The number of aliphatic hydroxyl groups excluding tert-OH is 2. The van der Waals surface area contributed by atoms with Crippen LogP contribution in [0.4, 0.5) is 0 Å². The van der Waals surface area contributed by atoms with E-state index in [-0.39, 0.29) is 13.2 Å². The monoisotopic (exact) mass is 316 g/mol. The molecule has 0 aromatic heterocycles. The first kappa shape index (κ1) is 15.1. The van der Waals surface area contributed by atoms with Crippen molar-refractivity contribution in [1.29, 1.82) is 0 Å². The van der Waals surface area contributed by atoms with Gasteiger partial charge in [-0.2, -0.15) is 0 Å². The van der Waals surface area contributed by atoms with E-state index in [1.165, 1.54) is 37.9 Å². The van der Waals surface area contributed by atoms with E-state index in [0.29, 0.717) is 12.8 Å². The van der Waals surface area contributed by atoms with Crippen LogP contribution in [0.15, 0.2) is 60.7 Å². The average molecular weight is 316 g/mol. The number of hydrogen-bond donors (Lipinski definition) is 2. The van der Waals surface area contributed by atoms with Crippen molar-refractivity contribution in [3.8, 4) is 0 Å². The van der Waals surface area contributed by atoms with Crippen molar-refractivity contribution in [2.45, 2.75) is 12.8 Å². The fraction of sp³-hybridized carbons (Fsp3) is 0.182. The van der Waals surface area contributed by atoms with Gasteiger partial charge in [-0.25, -0.2) is 0 Å². The predicted octanol–water partition coefficient (Wildman–Crippen LogP) is 4.22. The average Bonchev–Trinajstić information content (AvgIpc) is 2.61. The summed E-state index contributed by atoms with van der Waals surface area (Å²) in [4.78, 5) is 0. The summed E-state index contributed by atoms with van der Waals surface area (Å²) >= 11 is 0. The van der Waals surface area contributed by atoms with Gasteiger partial charge in [-0.3, -0.25) is 0 Å². The minimum absolute atomic E-state index is 0.160. The van der Waals surface area contributed by atoms with Gasteiger partial charge in [0, 0.05) is 13.2 Å². The van der Waals surface area contributed by atoms with Gasteiger partial charge in [-0.15, -0.1) is 0 Å². The highest BCUT2D eigenvalue weighted by Crippen LogP contribution is 2.33. The van der Waals surface area contributed by atoms with Gasteiger partial charge >= 0.3 is 0 Å². The SMILES string of the molecule is OCCc1ccc2c(ccc3c2ccc2cccc(CCO)c23)c1. The van der Waals surface area contributed by atoms with Crippen LogP contribution in [-0.4, -0.2) is 23.4 Å². The van der Waals surface area contributed by atoms with Crippen molar-refractivity contribution in [3.63, 3.8) is 0 Å². The van der Waals surface area contributed by atoms with Crippen molar-refractivity contribution < 1.29 is 10.2 Å². The zero-order valence-corrected chi connectivity index (χ0v) is 13.5. The Bertz CT molecular complexity index is 1030. The van der Waals surface area contributed by atoms with E-state index in [1.54, 1.807) is 0 Å². The van der Waals surface area contributed by atoms with Crippen LogP contribution in [0.25, 0.3) is 32.3 Å². The second kappa shape index (κ2) is 6.23. The van der Waals surface area contributed by atoms with Crippen LogP contribution in [0.2, 0.25) is 0 Å². The minimum Gasteiger partial charge on any atom is -0.396 e. The first-order valence-electron chi connectivity index (χ1n) is 8.39. The fourth-order valence-electron chi connectivity index (χ4n) is 3.67. The number of fused-ring (bicyclic) bond motifs is 5. The van der Waals surface area contributed by atoms with Crippen molar-refractivity contribution >= 4 is 32.3 Å². The fourth-order valence-corrected chi connectivity index (χ4v) is 3.67. The lowest BCUT2D eigenvalue weighted by atomic mass is 9.93. The lowest BCUT2D eigenvalue weighted by Crippen LogP contribution is -1.93. The van der Waals surface area contributed by atoms with Gasteiger partial charge in [0.1, 0.15) is 0 Å². The lowest BCUT2D eigenvalue weighted by molar-refractivity contribution is 0.299. The molecule has 0 atom stereocenters. The third-order valence-electron chi connectivity index (χ3n) is 4.79. The quantitative estimate of drug-likeness (QED) is 0.554. The maximum atomic E-state index is 9.38. The molecule has 0 aliphatic heterocycles. The Hall–Kier alpha value is -2.42. The molecule has 120 valence electrons. The third kappa shape index (κ3) is 2.44. The van der Waals surface area contributed by atoms with Gasteiger partial charge in [0.25, 0.3) is 0 Å². The van der Waals surface area contributed by atoms with Crippen LogP contribution >= 0.6 is 0 Å². The Labute approximate surface area is 141 Å². The molecule has 0 heterocycles. The molecule has 0 spiro atoms. The van der Waals surface area contributed by atoms with E-state index in [2.05, 4.69) is 60.7 Å². The number of hydrogen-bond acceptors (Lipinski definition) is 2. The second-order valence-corrected chi connectivity index (χ2v) is 6.24. The number of rotatable bonds is 4. The summed E-state index contributed by atoms with van der Waals surface area (Å²) < 4.78 is 0. The molecule has 4 rings (SSSR count). The van der Waals surface area contributed by atoms with Gasteiger partial charge < -0.3 is 10.2 Å². The Morgan fingerprint density at radius 2 is 1.38 bits per heavy atom. The van der Waals surface area contributed by atoms with Crippen LogP contribution in [0, 0.1) is 0 Å². The van der Waals surface area contributed by atoms with E-state index in [4.69, 9.17) is 5.11 Å². The molecule has 24 heavy (non-hydrogen) atoms. The zero-order chi connectivity index (χ0) is 16.5. The molecule has 2 N–H and O–H groups in total. The molecule has 0 radical (unpaired) electrons. The Morgan fingerprint density at radius 1 is 0.625 bits per heavy atom. The highest BCUT2D eigenvalue weighted by molar-refractivity contribution is 6.18. The van der Waals surface area contributed by atoms with E-state index in [1.807, 2.05) is 0 Å². The summed E-state index contributed by atoms with van der Waals surface area (Å²) in [5.41, 5.74) is 2.35. The molecule has 4 aromatic carbocycles. The van der Waals surface area contributed by atoms with Gasteiger partial charge in [0.2, 0.25) is 0 Å². The van der Waals surface area contributed by atoms with Crippen LogP contribution in [0.3, 0.4) is 0 Å². The molecule has 0 fully saturated rings. The summed E-state index contributed by atoms with van der Waals surface area (Å²) in [6, 6.07) is 21.4. The van der Waals surface area contributed by atoms with E-state index < -0.39 is 0 Å². The van der Waals surface area contributed by atoms with Crippen molar-refractivity contribution in [1.82, 2.24) is 0 Å². The largest absolute Gasteiger partial charge is 0.396 e. The standard InChI is InChI=1S/C22H20O2/c23-12-10-15-4-7-19-18(14-15)6-9-21-20(19)8-5-16-2-1-3-17(11-13-24)22(16)21/h1-9,14,23-24H,10-13H2. The van der Waals surface area contributed by atoms with E-state index in [0.717, 1.165) is 5.56 Å². The van der Waals surface area contributed by atoms with Gasteiger partial charge in [0.05, 0.1) is 0 Å². The van der Waals surface area contributed by atoms with Gasteiger partial charge in [-0.1, -0.05) is 60.7 Å². The Kier molecular flexibility index (Phi) is 3.93. The molecule has 2 heteroatoms. The van der Waals surface area contributed by atoms with E-state index >= 15 is 0 Å². The molecule has 0 saturated heterocycles. The third-order valence-corrected chi connectivity index (χ3v) is 4.79. The molecule has 4 aromatic rings. The first-order valence-corrected chi connectivity index (χ1v) is 8.39. The molecule has 0 amide bonds. The maximum absolute atomic E-state index is 9.38. The molecule has 2 nitrogen and oxygen atoms in total. The summed E-state index contributed by atoms with van der Waals surface area (Å²) in [5.74, 6) is 0. The zero-order valence-electron chi connectivity index (χ0n) is 13.5. The smallest absolute Gasteiger partial charge is 0.0471 e. The maximum Gasteiger partial charge on any atom is 0.0471 e. The van der Waals surface area contributed by atoms with E-state index in [9.17, 15) is 5.11 Å². The molecular formula is C22H20O2. The highest BCUT2D eigenvalue weighted by atomic mass is 16.3. The van der Waals surface area contributed by atoms with Crippen LogP contribution in [-0.2, 0) is 12.8 Å². The molecule has 0 aliphatic rings. The van der Waals surface area contributed by atoms with Crippen LogP contribution in [0.5, 0.6) is 0 Å². The van der Waals surface area contributed by atoms with Crippen molar-refractivity contribution in [2.24, 2.45) is 0 Å². The summed E-state index contributed by atoms with van der Waals surface area (Å²) in [6.45, 7) is 0.335. The number of aliphatic hydroxyl groups is 2. The van der Waals surface area contributed by atoms with Crippen molar-refractivity contribution in [3.05, 3.63) is 71.8 Å². The second-order valence-electron chi connectivity index (χ2n) is 6.24. The predicted molar refractivity (Wildman–Crippen MR) is 101 cm³/mol. The molecule has 0 unspecified atom stereocenters. The summed E-state index contributed by atoms with van der Waals surface area (Å²) in [7, 11) is 0. The first-order chi connectivity index (χ1) is 11.8. The highest BCUT2D eigenvalue weighted by Gasteiger charge is 2.08. The van der Waals surface area contributed by atoms with Crippen LogP contribution < -0.4 is 0 Å². The summed E-state index contributed by atoms with van der Waals surface area (Å²) in [5, 5.41) is 25.9. The molecule has 0 aliphatic carbocycles. The topological polar surface area (TPSA) is 40.5 Å². The summed E-state index contributed by atoms with van der Waals surface area (Å²) in [6.07, 6.45) is 1.36. The molecule has 0 saturated carbocycles. The normalized spacial score (nSPS) is 11.6.